The number of likely N-dealkylation sites (tertiary alicyclic amines) is 1. The lowest BCUT2D eigenvalue weighted by Crippen LogP contribution is -2.38. The summed E-state index contributed by atoms with van der Waals surface area (Å²) in [6.07, 6.45) is 5.42. The Morgan fingerprint density at radius 1 is 1.32 bits per heavy atom. The van der Waals surface area contributed by atoms with Crippen molar-refractivity contribution < 1.29 is 0 Å². The minimum atomic E-state index is 0.454. The molecule has 1 fully saturated rings. The molecule has 0 radical (unpaired) electrons. The van der Waals surface area contributed by atoms with Gasteiger partial charge in [0.2, 0.25) is 0 Å². The van der Waals surface area contributed by atoms with Gasteiger partial charge in [-0.1, -0.05) is 30.7 Å². The molecular formula is C17H28N2. The van der Waals surface area contributed by atoms with Crippen LogP contribution in [0.15, 0.2) is 24.3 Å². The van der Waals surface area contributed by atoms with Gasteiger partial charge < -0.3 is 10.2 Å². The monoisotopic (exact) mass is 260 g/mol. The second-order valence-corrected chi connectivity index (χ2v) is 5.95. The van der Waals surface area contributed by atoms with E-state index in [1.165, 1.54) is 43.4 Å². The van der Waals surface area contributed by atoms with Crippen molar-refractivity contribution >= 4 is 0 Å². The van der Waals surface area contributed by atoms with E-state index in [4.69, 9.17) is 0 Å². The molecule has 1 heterocycles. The number of hydrogen-bond donors (Lipinski definition) is 1. The molecule has 2 heteroatoms. The Bertz CT molecular complexity index is 389. The Morgan fingerprint density at radius 3 is 2.84 bits per heavy atom. The maximum absolute atomic E-state index is 3.68. The topological polar surface area (TPSA) is 15.3 Å². The molecular weight excluding hydrogens is 232 g/mol. The number of rotatable bonds is 5. The molecule has 2 rings (SSSR count). The van der Waals surface area contributed by atoms with Crippen molar-refractivity contribution in [3.8, 4) is 0 Å². The van der Waals surface area contributed by atoms with E-state index in [0.717, 1.165) is 12.6 Å². The number of aryl methyl sites for hydroxylation is 1. The molecule has 0 bridgehead atoms. The molecule has 1 saturated heterocycles. The average molecular weight is 260 g/mol. The van der Waals surface area contributed by atoms with Crippen LogP contribution < -0.4 is 5.32 Å². The van der Waals surface area contributed by atoms with Crippen molar-refractivity contribution in [1.82, 2.24) is 10.2 Å². The van der Waals surface area contributed by atoms with Crippen molar-refractivity contribution in [3.05, 3.63) is 35.4 Å². The quantitative estimate of drug-likeness (QED) is 0.871. The van der Waals surface area contributed by atoms with E-state index >= 15 is 0 Å². The Labute approximate surface area is 118 Å². The van der Waals surface area contributed by atoms with Gasteiger partial charge in [0.25, 0.3) is 0 Å². The maximum Gasteiger partial charge on any atom is 0.0294 e. The zero-order chi connectivity index (χ0) is 13.7. The summed E-state index contributed by atoms with van der Waals surface area (Å²) >= 11 is 0. The molecule has 1 aliphatic heterocycles. The molecule has 1 aliphatic rings. The lowest BCUT2D eigenvalue weighted by Gasteiger charge is -2.32. The summed E-state index contributed by atoms with van der Waals surface area (Å²) < 4.78 is 0. The Balaban J connectivity index is 1.77. The van der Waals surface area contributed by atoms with E-state index in [9.17, 15) is 0 Å². The highest BCUT2D eigenvalue weighted by Gasteiger charge is 2.18. The number of benzene rings is 1. The standard InChI is InChI=1S/C17H28N2/c1-14-8-4-5-10-17(14)15(2)18-12-11-16-9-6-7-13-19(16)3/h4-5,8,10,15-16,18H,6-7,9,11-13H2,1-3H3. The third-order valence-electron chi connectivity index (χ3n) is 4.50. The number of nitrogens with one attached hydrogen (secondary N) is 1. The Hall–Kier alpha value is -0.860. The average Bonchev–Trinajstić information content (AvgIpc) is 2.41. The fourth-order valence-electron chi connectivity index (χ4n) is 3.16. The summed E-state index contributed by atoms with van der Waals surface area (Å²) in [5.74, 6) is 0. The zero-order valence-electron chi connectivity index (χ0n) is 12.7. The first-order chi connectivity index (χ1) is 9.18. The highest BCUT2D eigenvalue weighted by Crippen LogP contribution is 2.19. The van der Waals surface area contributed by atoms with Gasteiger partial charge in [0.1, 0.15) is 0 Å². The second kappa shape index (κ2) is 7.06. The van der Waals surface area contributed by atoms with Crippen LogP contribution in [0.5, 0.6) is 0 Å². The molecule has 0 saturated carbocycles. The highest BCUT2D eigenvalue weighted by atomic mass is 15.1. The van der Waals surface area contributed by atoms with Gasteiger partial charge in [-0.05, 0) is 64.4 Å². The van der Waals surface area contributed by atoms with Crippen molar-refractivity contribution in [2.45, 2.75) is 51.6 Å². The summed E-state index contributed by atoms with van der Waals surface area (Å²) in [4.78, 5) is 2.53. The normalized spacial score (nSPS) is 22.4. The van der Waals surface area contributed by atoms with E-state index in [1.54, 1.807) is 0 Å². The predicted octanol–water partition coefficient (Wildman–Crippen LogP) is 3.52. The van der Waals surface area contributed by atoms with Gasteiger partial charge in [-0.2, -0.15) is 0 Å². The number of nitrogens with zero attached hydrogens (tertiary/aromatic N) is 1. The van der Waals surface area contributed by atoms with Crippen LogP contribution in [0.2, 0.25) is 0 Å². The van der Waals surface area contributed by atoms with Gasteiger partial charge in [0.05, 0.1) is 0 Å². The third-order valence-corrected chi connectivity index (χ3v) is 4.50. The Morgan fingerprint density at radius 2 is 2.11 bits per heavy atom. The maximum atomic E-state index is 3.68. The predicted molar refractivity (Wildman–Crippen MR) is 82.5 cm³/mol. The van der Waals surface area contributed by atoms with Crippen LogP contribution in [0.1, 0.15) is 49.8 Å². The molecule has 0 aliphatic carbocycles. The number of hydrogen-bond acceptors (Lipinski definition) is 2. The minimum Gasteiger partial charge on any atom is -0.310 e. The van der Waals surface area contributed by atoms with E-state index in [0.29, 0.717) is 6.04 Å². The van der Waals surface area contributed by atoms with E-state index < -0.39 is 0 Å². The lowest BCUT2D eigenvalue weighted by atomic mass is 9.99. The molecule has 106 valence electrons. The van der Waals surface area contributed by atoms with Gasteiger partial charge in [0, 0.05) is 12.1 Å². The van der Waals surface area contributed by atoms with Gasteiger partial charge in [-0.3, -0.25) is 0 Å². The fraction of sp³-hybridized carbons (Fsp3) is 0.647. The molecule has 19 heavy (non-hydrogen) atoms. The molecule has 1 aromatic carbocycles. The summed E-state index contributed by atoms with van der Waals surface area (Å²) in [7, 11) is 2.27. The lowest BCUT2D eigenvalue weighted by molar-refractivity contribution is 0.174. The first kappa shape index (κ1) is 14.5. The minimum absolute atomic E-state index is 0.454. The fourth-order valence-corrected chi connectivity index (χ4v) is 3.16. The summed E-state index contributed by atoms with van der Waals surface area (Å²) in [6.45, 7) is 6.86. The molecule has 0 spiro atoms. The van der Waals surface area contributed by atoms with Crippen molar-refractivity contribution in [3.63, 3.8) is 0 Å². The van der Waals surface area contributed by atoms with E-state index in [1.807, 2.05) is 0 Å². The van der Waals surface area contributed by atoms with Crippen LogP contribution in [0, 0.1) is 6.92 Å². The molecule has 1 N–H and O–H groups in total. The molecule has 2 nitrogen and oxygen atoms in total. The van der Waals surface area contributed by atoms with E-state index in [-0.39, 0.29) is 0 Å². The van der Waals surface area contributed by atoms with Crippen LogP contribution in [-0.4, -0.2) is 31.1 Å². The molecule has 0 aromatic heterocycles. The van der Waals surface area contributed by atoms with Gasteiger partial charge in [-0.25, -0.2) is 0 Å². The number of piperidine rings is 1. The largest absolute Gasteiger partial charge is 0.310 e. The van der Waals surface area contributed by atoms with Gasteiger partial charge >= 0.3 is 0 Å². The zero-order valence-corrected chi connectivity index (χ0v) is 12.7. The van der Waals surface area contributed by atoms with Crippen LogP contribution in [0.3, 0.4) is 0 Å². The SMILES string of the molecule is Cc1ccccc1C(C)NCCC1CCCCN1C. The van der Waals surface area contributed by atoms with Crippen molar-refractivity contribution in [2.24, 2.45) is 0 Å². The summed E-state index contributed by atoms with van der Waals surface area (Å²) in [6, 6.07) is 9.92. The molecule has 1 aromatic rings. The molecule has 2 unspecified atom stereocenters. The molecule has 2 atom stereocenters. The third kappa shape index (κ3) is 4.05. The second-order valence-electron chi connectivity index (χ2n) is 5.95. The summed E-state index contributed by atoms with van der Waals surface area (Å²) in [5, 5.41) is 3.68. The first-order valence-corrected chi connectivity index (χ1v) is 7.67. The first-order valence-electron chi connectivity index (χ1n) is 7.67. The van der Waals surface area contributed by atoms with Crippen LogP contribution in [0.4, 0.5) is 0 Å². The Kier molecular flexibility index (Phi) is 5.41. The molecule has 0 amide bonds. The van der Waals surface area contributed by atoms with Crippen LogP contribution in [-0.2, 0) is 0 Å². The van der Waals surface area contributed by atoms with Crippen LogP contribution in [0.25, 0.3) is 0 Å². The van der Waals surface area contributed by atoms with Crippen LogP contribution >= 0.6 is 0 Å². The smallest absolute Gasteiger partial charge is 0.0294 e. The summed E-state index contributed by atoms with van der Waals surface area (Å²) in [5.41, 5.74) is 2.82. The van der Waals surface area contributed by atoms with Gasteiger partial charge in [0.15, 0.2) is 0 Å². The van der Waals surface area contributed by atoms with E-state index in [2.05, 4.69) is 55.4 Å². The van der Waals surface area contributed by atoms with Gasteiger partial charge in [-0.15, -0.1) is 0 Å². The van der Waals surface area contributed by atoms with Crippen molar-refractivity contribution in [1.29, 1.82) is 0 Å². The van der Waals surface area contributed by atoms with Crippen molar-refractivity contribution in [2.75, 3.05) is 20.1 Å². The highest BCUT2D eigenvalue weighted by molar-refractivity contribution is 5.28.